The van der Waals surface area contributed by atoms with Gasteiger partial charge in [0, 0.05) is 30.1 Å². The normalized spacial score (nSPS) is 11.7. The van der Waals surface area contributed by atoms with E-state index in [1.54, 1.807) is 25.8 Å². The number of halogens is 1. The van der Waals surface area contributed by atoms with E-state index in [1.165, 1.54) is 6.33 Å². The van der Waals surface area contributed by atoms with Crippen molar-refractivity contribution < 1.29 is 4.74 Å². The van der Waals surface area contributed by atoms with Gasteiger partial charge in [0.05, 0.1) is 23.5 Å². The first-order valence-electron chi connectivity index (χ1n) is 8.79. The Balaban J connectivity index is 1.70. The molecule has 0 spiro atoms. The summed E-state index contributed by atoms with van der Waals surface area (Å²) in [5.41, 5.74) is 4.11. The Morgan fingerprint density at radius 3 is 2.86 bits per heavy atom. The van der Waals surface area contributed by atoms with Crippen molar-refractivity contribution in [3.05, 3.63) is 71.0 Å². The van der Waals surface area contributed by atoms with Gasteiger partial charge in [-0.15, -0.1) is 10.2 Å². The quantitative estimate of drug-likeness (QED) is 0.421. The molecule has 1 aromatic carbocycles. The van der Waals surface area contributed by atoms with Crippen LogP contribution in [-0.4, -0.2) is 41.4 Å². The molecule has 0 aliphatic carbocycles. The first-order chi connectivity index (χ1) is 14.2. The van der Waals surface area contributed by atoms with E-state index < -0.39 is 0 Å². The van der Waals surface area contributed by atoms with Crippen LogP contribution in [0.4, 0.5) is 0 Å². The van der Waals surface area contributed by atoms with Crippen molar-refractivity contribution in [2.75, 3.05) is 7.11 Å². The zero-order valence-corrected chi connectivity index (χ0v) is 16.1. The van der Waals surface area contributed by atoms with Gasteiger partial charge in [-0.2, -0.15) is 0 Å². The van der Waals surface area contributed by atoms with Crippen LogP contribution in [0.3, 0.4) is 0 Å². The predicted octanol–water partition coefficient (Wildman–Crippen LogP) is 2.48. The smallest absolute Gasteiger partial charge is 0.166 e. The fourth-order valence-corrected chi connectivity index (χ4v) is 3.49. The van der Waals surface area contributed by atoms with Gasteiger partial charge in [0.1, 0.15) is 25.0 Å². The van der Waals surface area contributed by atoms with Crippen LogP contribution in [0.2, 0.25) is 5.02 Å². The molecular weight excluding hydrogens is 390 g/mol. The van der Waals surface area contributed by atoms with Gasteiger partial charge in [0.15, 0.2) is 11.6 Å². The third-order valence-electron chi connectivity index (χ3n) is 4.62. The highest BCUT2D eigenvalue weighted by molar-refractivity contribution is 6.31. The fourth-order valence-electron chi connectivity index (χ4n) is 3.32. The molecule has 4 heterocycles. The summed E-state index contributed by atoms with van der Waals surface area (Å²) in [6.07, 6.45) is 6.57. The standard InChI is InChI=1S/C20H14ClN7O/c1-29-10-19-25-26-20-15-6-14(21)3-5-17(15)28-12-24-16(18(28)9-27(19)20)4-2-13-7-22-11-23-8-13/h3,5-8,11-12H,9-10H2,1H3. The molecule has 0 unspecified atom stereocenters. The summed E-state index contributed by atoms with van der Waals surface area (Å²) in [5, 5.41) is 9.32. The molecule has 0 N–H and O–H groups in total. The molecule has 8 nitrogen and oxygen atoms in total. The molecule has 29 heavy (non-hydrogen) atoms. The zero-order chi connectivity index (χ0) is 19.8. The maximum atomic E-state index is 6.27. The summed E-state index contributed by atoms with van der Waals surface area (Å²) in [6.45, 7) is 0.849. The molecule has 0 amide bonds. The van der Waals surface area contributed by atoms with E-state index in [4.69, 9.17) is 16.3 Å². The Bertz CT molecular complexity index is 1270. The molecule has 0 radical (unpaired) electrons. The summed E-state index contributed by atoms with van der Waals surface area (Å²) in [4.78, 5) is 12.5. The van der Waals surface area contributed by atoms with Crippen LogP contribution in [0, 0.1) is 11.8 Å². The molecular formula is C20H14ClN7O. The van der Waals surface area contributed by atoms with Crippen molar-refractivity contribution in [1.29, 1.82) is 0 Å². The fraction of sp³-hybridized carbons (Fsp3) is 0.150. The van der Waals surface area contributed by atoms with Gasteiger partial charge >= 0.3 is 0 Å². The second-order valence-electron chi connectivity index (χ2n) is 6.41. The first kappa shape index (κ1) is 17.6. The lowest BCUT2D eigenvalue weighted by Gasteiger charge is -2.08. The summed E-state index contributed by atoms with van der Waals surface area (Å²) < 4.78 is 9.32. The molecule has 9 heteroatoms. The molecule has 0 fully saturated rings. The van der Waals surface area contributed by atoms with E-state index in [0.29, 0.717) is 23.9 Å². The van der Waals surface area contributed by atoms with Gasteiger partial charge in [0.2, 0.25) is 0 Å². The lowest BCUT2D eigenvalue weighted by atomic mass is 10.1. The number of fused-ring (bicyclic) bond motifs is 5. The maximum absolute atomic E-state index is 6.27. The molecule has 1 aliphatic heterocycles. The topological polar surface area (TPSA) is 83.5 Å². The number of rotatable bonds is 2. The average Bonchev–Trinajstić information content (AvgIpc) is 3.29. The molecule has 4 aromatic rings. The summed E-state index contributed by atoms with van der Waals surface area (Å²) >= 11 is 6.27. The molecule has 0 bridgehead atoms. The van der Waals surface area contributed by atoms with E-state index in [0.717, 1.165) is 34.2 Å². The van der Waals surface area contributed by atoms with E-state index in [2.05, 4.69) is 37.0 Å². The second kappa shape index (κ2) is 7.13. The number of hydrogen-bond donors (Lipinski definition) is 0. The van der Waals surface area contributed by atoms with Crippen molar-refractivity contribution in [3.8, 4) is 28.9 Å². The zero-order valence-electron chi connectivity index (χ0n) is 15.4. The number of hydrogen-bond acceptors (Lipinski definition) is 6. The van der Waals surface area contributed by atoms with Gasteiger partial charge in [-0.25, -0.2) is 15.0 Å². The van der Waals surface area contributed by atoms with E-state index in [-0.39, 0.29) is 0 Å². The number of ether oxygens (including phenoxy) is 1. The Hall–Kier alpha value is -3.54. The van der Waals surface area contributed by atoms with E-state index >= 15 is 0 Å². The van der Waals surface area contributed by atoms with E-state index in [1.807, 2.05) is 27.3 Å². The van der Waals surface area contributed by atoms with Crippen LogP contribution in [0.25, 0.3) is 17.1 Å². The lowest BCUT2D eigenvalue weighted by molar-refractivity contribution is 0.174. The Labute approximate surface area is 171 Å². The second-order valence-corrected chi connectivity index (χ2v) is 6.84. The SMILES string of the molecule is COCc1nnc2n1Cc1c(C#Cc3cncnc3)ncn1-c1ccc(Cl)cc1-2. The molecule has 142 valence electrons. The van der Waals surface area contributed by atoms with Crippen LogP contribution in [0.1, 0.15) is 22.8 Å². The van der Waals surface area contributed by atoms with Gasteiger partial charge in [-0.3, -0.25) is 4.57 Å². The largest absolute Gasteiger partial charge is 0.377 e. The van der Waals surface area contributed by atoms with Crippen LogP contribution >= 0.6 is 11.6 Å². The van der Waals surface area contributed by atoms with Crippen molar-refractivity contribution in [1.82, 2.24) is 34.3 Å². The minimum Gasteiger partial charge on any atom is -0.377 e. The van der Waals surface area contributed by atoms with Gasteiger partial charge in [-0.1, -0.05) is 17.5 Å². The Morgan fingerprint density at radius 1 is 1.17 bits per heavy atom. The van der Waals surface area contributed by atoms with Crippen molar-refractivity contribution in [3.63, 3.8) is 0 Å². The number of methoxy groups -OCH3 is 1. The Kier molecular flexibility index (Phi) is 4.31. The minimum atomic E-state index is 0.347. The lowest BCUT2D eigenvalue weighted by Crippen LogP contribution is -2.09. The van der Waals surface area contributed by atoms with E-state index in [9.17, 15) is 0 Å². The van der Waals surface area contributed by atoms with Crippen LogP contribution in [0.5, 0.6) is 0 Å². The maximum Gasteiger partial charge on any atom is 0.166 e. The van der Waals surface area contributed by atoms with Crippen molar-refractivity contribution in [2.24, 2.45) is 0 Å². The molecule has 0 saturated carbocycles. The van der Waals surface area contributed by atoms with Crippen LogP contribution < -0.4 is 0 Å². The average molecular weight is 404 g/mol. The molecule has 5 rings (SSSR count). The van der Waals surface area contributed by atoms with Crippen molar-refractivity contribution in [2.45, 2.75) is 13.2 Å². The number of imidazole rings is 1. The summed E-state index contributed by atoms with van der Waals surface area (Å²) in [6, 6.07) is 5.68. The van der Waals surface area contributed by atoms with Gasteiger partial charge in [-0.05, 0) is 24.1 Å². The van der Waals surface area contributed by atoms with Crippen LogP contribution in [-0.2, 0) is 17.9 Å². The monoisotopic (exact) mass is 403 g/mol. The summed E-state index contributed by atoms with van der Waals surface area (Å²) in [5.74, 6) is 7.66. The minimum absolute atomic E-state index is 0.347. The third-order valence-corrected chi connectivity index (χ3v) is 4.86. The van der Waals surface area contributed by atoms with Crippen molar-refractivity contribution >= 4 is 11.6 Å². The van der Waals surface area contributed by atoms with Crippen LogP contribution in [0.15, 0.2) is 43.2 Å². The van der Waals surface area contributed by atoms with Gasteiger partial charge < -0.3 is 9.30 Å². The number of benzene rings is 1. The highest BCUT2D eigenvalue weighted by Crippen LogP contribution is 2.34. The van der Waals surface area contributed by atoms with Gasteiger partial charge in [0.25, 0.3) is 0 Å². The Morgan fingerprint density at radius 2 is 2.03 bits per heavy atom. The molecule has 0 saturated heterocycles. The molecule has 1 aliphatic rings. The molecule has 3 aromatic heterocycles. The number of nitrogens with zero attached hydrogens (tertiary/aromatic N) is 7. The predicted molar refractivity (Wildman–Crippen MR) is 105 cm³/mol. The number of aromatic nitrogens is 7. The highest BCUT2D eigenvalue weighted by Gasteiger charge is 2.25. The molecule has 0 atom stereocenters. The first-order valence-corrected chi connectivity index (χ1v) is 9.17. The highest BCUT2D eigenvalue weighted by atomic mass is 35.5. The third kappa shape index (κ3) is 3.06. The summed E-state index contributed by atoms with van der Waals surface area (Å²) in [7, 11) is 1.63.